The zero-order valence-electron chi connectivity index (χ0n) is 17.6. The average Bonchev–Trinajstić information content (AvgIpc) is 2.79. The molecule has 166 valence electrons. The summed E-state index contributed by atoms with van der Waals surface area (Å²) in [5.41, 5.74) is 1.36. The Balaban J connectivity index is 1.58. The Hall–Kier alpha value is -3.10. The molecule has 1 saturated heterocycles. The number of para-hydroxylation sites is 1. The predicted octanol–water partition coefficient (Wildman–Crippen LogP) is 4.11. The van der Waals surface area contributed by atoms with Crippen LogP contribution >= 0.6 is 0 Å². The smallest absolute Gasteiger partial charge is 0.210 e. The Morgan fingerprint density at radius 3 is 2.38 bits per heavy atom. The molecule has 1 aromatic heterocycles. The number of likely N-dealkylation sites (N-methyl/N-ethyl adjacent to an activating group) is 1. The zero-order valence-corrected chi connectivity index (χ0v) is 18.4. The summed E-state index contributed by atoms with van der Waals surface area (Å²) in [5.74, 6) is -1.33. The molecule has 0 atom stereocenters. The molecule has 32 heavy (non-hydrogen) atoms. The lowest BCUT2D eigenvalue weighted by atomic mass is 10.2. The molecule has 1 fully saturated rings. The molecule has 0 aliphatic carbocycles. The summed E-state index contributed by atoms with van der Waals surface area (Å²) in [6.45, 7) is 3.24. The number of pyridine rings is 1. The van der Waals surface area contributed by atoms with Crippen LogP contribution in [-0.2, 0) is 9.84 Å². The minimum Gasteiger partial charge on any atom is -0.368 e. The molecule has 0 spiro atoms. The molecule has 0 amide bonds. The van der Waals surface area contributed by atoms with Gasteiger partial charge in [-0.25, -0.2) is 17.2 Å². The summed E-state index contributed by atoms with van der Waals surface area (Å²) >= 11 is 0. The second-order valence-corrected chi connectivity index (χ2v) is 9.60. The van der Waals surface area contributed by atoms with Crippen LogP contribution < -0.4 is 4.90 Å². The number of piperazine rings is 1. The van der Waals surface area contributed by atoms with E-state index in [0.29, 0.717) is 11.4 Å². The van der Waals surface area contributed by atoms with Crippen molar-refractivity contribution in [2.75, 3.05) is 38.1 Å². The summed E-state index contributed by atoms with van der Waals surface area (Å²) < 4.78 is 53.5. The topological polar surface area (TPSA) is 53.5 Å². The van der Waals surface area contributed by atoms with Gasteiger partial charge in [0.25, 0.3) is 0 Å². The molecule has 0 saturated carbocycles. The number of hydrogen-bond acceptors (Lipinski definition) is 5. The van der Waals surface area contributed by atoms with Crippen LogP contribution in [0.4, 0.5) is 14.5 Å². The number of rotatable bonds is 5. The van der Waals surface area contributed by atoms with Crippen LogP contribution in [0.5, 0.6) is 0 Å². The molecule has 2 heterocycles. The molecule has 0 radical (unpaired) electrons. The van der Waals surface area contributed by atoms with Gasteiger partial charge in [-0.1, -0.05) is 12.1 Å². The van der Waals surface area contributed by atoms with Crippen molar-refractivity contribution in [3.63, 3.8) is 0 Å². The van der Waals surface area contributed by atoms with E-state index in [2.05, 4.69) is 14.8 Å². The summed E-state index contributed by atoms with van der Waals surface area (Å²) in [7, 11) is -1.72. The zero-order chi connectivity index (χ0) is 22.7. The molecule has 8 heteroatoms. The highest BCUT2D eigenvalue weighted by molar-refractivity contribution is 7.91. The van der Waals surface area contributed by atoms with Crippen LogP contribution in [0.25, 0.3) is 12.2 Å². The number of halogens is 2. The average molecular weight is 456 g/mol. The van der Waals surface area contributed by atoms with Crippen molar-refractivity contribution in [3.8, 4) is 0 Å². The monoisotopic (exact) mass is 455 g/mol. The van der Waals surface area contributed by atoms with Crippen molar-refractivity contribution >= 4 is 27.7 Å². The summed E-state index contributed by atoms with van der Waals surface area (Å²) in [6, 6.07) is 13.4. The second kappa shape index (κ2) is 9.18. The fraction of sp³-hybridized carbons (Fsp3) is 0.208. The highest BCUT2D eigenvalue weighted by Crippen LogP contribution is 2.30. The lowest BCUT2D eigenvalue weighted by molar-refractivity contribution is 0.312. The SMILES string of the molecule is CN1CCN(c2ccccc2S(=O)(=O)c2ccc(C=Cc3ccc(F)cc3F)nc2)CC1. The summed E-state index contributed by atoms with van der Waals surface area (Å²) in [5, 5.41) is 0. The van der Waals surface area contributed by atoms with Gasteiger partial charge in [-0.15, -0.1) is 0 Å². The first-order valence-electron chi connectivity index (χ1n) is 10.2. The van der Waals surface area contributed by atoms with Gasteiger partial charge in [0.05, 0.1) is 21.2 Å². The van der Waals surface area contributed by atoms with Crippen LogP contribution in [0, 0.1) is 11.6 Å². The third-order valence-corrected chi connectivity index (χ3v) is 7.25. The molecular formula is C24H23F2N3O2S. The number of hydrogen-bond donors (Lipinski definition) is 0. The summed E-state index contributed by atoms with van der Waals surface area (Å²) in [6.07, 6.45) is 4.32. The maximum Gasteiger partial charge on any atom is 0.210 e. The Labute approximate surface area is 186 Å². The van der Waals surface area contributed by atoms with E-state index in [1.54, 1.807) is 24.3 Å². The molecule has 4 rings (SSSR count). The van der Waals surface area contributed by atoms with Crippen molar-refractivity contribution in [3.05, 3.63) is 83.7 Å². The van der Waals surface area contributed by atoms with Crippen LogP contribution in [0.3, 0.4) is 0 Å². The molecule has 0 bridgehead atoms. The molecule has 0 unspecified atom stereocenters. The quantitative estimate of drug-likeness (QED) is 0.580. The van der Waals surface area contributed by atoms with Crippen molar-refractivity contribution in [1.82, 2.24) is 9.88 Å². The van der Waals surface area contributed by atoms with E-state index in [9.17, 15) is 17.2 Å². The molecule has 1 aliphatic heterocycles. The summed E-state index contributed by atoms with van der Waals surface area (Å²) in [4.78, 5) is 8.84. The van der Waals surface area contributed by atoms with E-state index in [1.807, 2.05) is 19.2 Å². The normalized spacial score (nSPS) is 15.4. The molecule has 3 aromatic rings. The maximum atomic E-state index is 13.8. The fourth-order valence-corrected chi connectivity index (χ4v) is 5.00. The van der Waals surface area contributed by atoms with Crippen LogP contribution in [0.15, 0.2) is 70.6 Å². The number of anilines is 1. The standard InChI is InChI=1S/C24H23F2N3O2S/c1-28-12-14-29(15-13-28)23-4-2-3-5-24(23)32(30,31)21-11-10-20(27-17-21)9-7-18-6-8-19(25)16-22(18)26/h2-11,16-17H,12-15H2,1H3. The Bertz CT molecular complexity index is 1240. The van der Waals surface area contributed by atoms with E-state index in [0.717, 1.165) is 32.2 Å². The largest absolute Gasteiger partial charge is 0.368 e. The Kier molecular flexibility index (Phi) is 6.34. The van der Waals surface area contributed by atoms with Crippen LogP contribution in [-0.4, -0.2) is 51.5 Å². The van der Waals surface area contributed by atoms with Gasteiger partial charge in [0.2, 0.25) is 9.84 Å². The van der Waals surface area contributed by atoms with Gasteiger partial charge in [0.15, 0.2) is 0 Å². The lowest BCUT2D eigenvalue weighted by Gasteiger charge is -2.35. The van der Waals surface area contributed by atoms with Gasteiger partial charge in [-0.05, 0) is 55.6 Å². The highest BCUT2D eigenvalue weighted by atomic mass is 32.2. The first kappa shape index (κ1) is 22.1. The molecule has 1 aliphatic rings. The molecule has 2 aromatic carbocycles. The molecule has 0 N–H and O–H groups in total. The number of sulfone groups is 1. The van der Waals surface area contributed by atoms with E-state index >= 15 is 0 Å². The van der Waals surface area contributed by atoms with Gasteiger partial charge in [0, 0.05) is 44.0 Å². The van der Waals surface area contributed by atoms with E-state index < -0.39 is 21.5 Å². The van der Waals surface area contributed by atoms with Crippen molar-refractivity contribution in [2.24, 2.45) is 0 Å². The highest BCUT2D eigenvalue weighted by Gasteiger charge is 2.25. The van der Waals surface area contributed by atoms with Gasteiger partial charge < -0.3 is 9.80 Å². The fourth-order valence-electron chi connectivity index (χ4n) is 3.58. The van der Waals surface area contributed by atoms with Crippen molar-refractivity contribution < 1.29 is 17.2 Å². The van der Waals surface area contributed by atoms with Crippen LogP contribution in [0.1, 0.15) is 11.3 Å². The maximum absolute atomic E-state index is 13.8. The van der Waals surface area contributed by atoms with Crippen molar-refractivity contribution in [1.29, 1.82) is 0 Å². The third kappa shape index (κ3) is 4.71. The number of nitrogens with zero attached hydrogens (tertiary/aromatic N) is 3. The van der Waals surface area contributed by atoms with E-state index in [1.165, 1.54) is 30.5 Å². The van der Waals surface area contributed by atoms with Gasteiger partial charge >= 0.3 is 0 Å². The predicted molar refractivity (Wildman–Crippen MR) is 121 cm³/mol. The first-order chi connectivity index (χ1) is 15.3. The Morgan fingerprint density at radius 1 is 0.938 bits per heavy atom. The molecular weight excluding hydrogens is 432 g/mol. The van der Waals surface area contributed by atoms with E-state index in [-0.39, 0.29) is 15.4 Å². The second-order valence-electron chi connectivity index (χ2n) is 7.68. The van der Waals surface area contributed by atoms with E-state index in [4.69, 9.17) is 0 Å². The first-order valence-corrected chi connectivity index (χ1v) is 11.7. The number of aromatic nitrogens is 1. The third-order valence-electron chi connectivity index (χ3n) is 5.46. The minimum atomic E-state index is -3.77. The van der Waals surface area contributed by atoms with Crippen LogP contribution in [0.2, 0.25) is 0 Å². The Morgan fingerprint density at radius 2 is 1.69 bits per heavy atom. The van der Waals surface area contributed by atoms with Gasteiger partial charge in [-0.2, -0.15) is 0 Å². The van der Waals surface area contributed by atoms with Gasteiger partial charge in [0.1, 0.15) is 11.6 Å². The minimum absolute atomic E-state index is 0.0872. The lowest BCUT2D eigenvalue weighted by Crippen LogP contribution is -2.44. The van der Waals surface area contributed by atoms with Crippen molar-refractivity contribution in [2.45, 2.75) is 9.79 Å². The number of benzene rings is 2. The molecule has 5 nitrogen and oxygen atoms in total. The van der Waals surface area contributed by atoms with Gasteiger partial charge in [-0.3, -0.25) is 4.98 Å².